The molecule has 2 heterocycles. The zero-order valence-electron chi connectivity index (χ0n) is 13.9. The first-order valence-electron chi connectivity index (χ1n) is 8.52. The smallest absolute Gasteiger partial charge is 0.243 e. The molecule has 0 saturated carbocycles. The number of amides is 1. The van der Waals surface area contributed by atoms with E-state index in [1.165, 1.54) is 6.07 Å². The fourth-order valence-electron chi connectivity index (χ4n) is 3.44. The van der Waals surface area contributed by atoms with E-state index < -0.39 is 0 Å². The van der Waals surface area contributed by atoms with Crippen LogP contribution in [0.4, 0.5) is 0 Å². The van der Waals surface area contributed by atoms with Crippen molar-refractivity contribution in [2.24, 2.45) is 0 Å². The average Bonchev–Trinajstić information content (AvgIpc) is 2.63. The lowest BCUT2D eigenvalue weighted by Crippen LogP contribution is -2.49. The maximum atomic E-state index is 12.8. The van der Waals surface area contributed by atoms with Crippen molar-refractivity contribution in [2.75, 3.05) is 6.54 Å². The number of carbonyl (C=O) groups is 2. The number of carbonyl (C=O) groups excluding carboxylic acids is 2. The third kappa shape index (κ3) is 3.11. The van der Waals surface area contributed by atoms with Crippen molar-refractivity contribution in [1.29, 1.82) is 0 Å². The number of nitrogens with zero attached hydrogens (tertiary/aromatic N) is 2. The number of para-hydroxylation sites is 1. The van der Waals surface area contributed by atoms with Crippen LogP contribution in [0.1, 0.15) is 32.6 Å². The molecule has 126 valence electrons. The van der Waals surface area contributed by atoms with E-state index in [-0.39, 0.29) is 29.7 Å². The molecule has 1 aromatic heterocycles. The molecule has 0 spiro atoms. The first-order valence-corrected chi connectivity index (χ1v) is 8.52. The SMILES string of the molecule is CCC(=O)[C@H]1CCCCN1C(=O)Cn1ccc(=O)c2ccccc21. The summed E-state index contributed by atoms with van der Waals surface area (Å²) in [6.07, 6.45) is 4.78. The number of piperidine rings is 1. The molecule has 0 aliphatic carbocycles. The Balaban J connectivity index is 1.88. The van der Waals surface area contributed by atoms with Crippen molar-refractivity contribution in [3.8, 4) is 0 Å². The van der Waals surface area contributed by atoms with Crippen molar-refractivity contribution >= 4 is 22.6 Å². The number of rotatable bonds is 4. The Kier molecular flexibility index (Phi) is 4.79. The summed E-state index contributed by atoms with van der Waals surface area (Å²) in [6.45, 7) is 2.62. The van der Waals surface area contributed by atoms with Gasteiger partial charge in [0.1, 0.15) is 6.54 Å². The van der Waals surface area contributed by atoms with E-state index in [9.17, 15) is 14.4 Å². The molecule has 1 atom stereocenters. The van der Waals surface area contributed by atoms with Gasteiger partial charge in [0, 0.05) is 30.6 Å². The lowest BCUT2D eigenvalue weighted by Gasteiger charge is -2.35. The number of ketones is 1. The van der Waals surface area contributed by atoms with Gasteiger partial charge in [0.15, 0.2) is 11.2 Å². The summed E-state index contributed by atoms with van der Waals surface area (Å²) >= 11 is 0. The van der Waals surface area contributed by atoms with Crippen LogP contribution in [0.5, 0.6) is 0 Å². The normalized spacial score (nSPS) is 17.9. The maximum absolute atomic E-state index is 12.8. The molecular formula is C19H22N2O3. The van der Waals surface area contributed by atoms with E-state index in [0.717, 1.165) is 24.8 Å². The van der Waals surface area contributed by atoms with E-state index in [1.54, 1.807) is 21.7 Å². The van der Waals surface area contributed by atoms with E-state index in [4.69, 9.17) is 0 Å². The molecule has 5 heteroatoms. The first-order chi connectivity index (χ1) is 11.6. The van der Waals surface area contributed by atoms with Crippen LogP contribution in [0.15, 0.2) is 41.3 Å². The summed E-state index contributed by atoms with van der Waals surface area (Å²) in [5.41, 5.74) is 0.694. The van der Waals surface area contributed by atoms with Crippen LogP contribution in [-0.4, -0.2) is 33.7 Å². The van der Waals surface area contributed by atoms with Crippen LogP contribution >= 0.6 is 0 Å². The Bertz CT molecular complexity index is 825. The van der Waals surface area contributed by atoms with Gasteiger partial charge in [-0.2, -0.15) is 0 Å². The van der Waals surface area contributed by atoms with Gasteiger partial charge in [0.2, 0.25) is 5.91 Å². The number of hydrogen-bond acceptors (Lipinski definition) is 3. The molecule has 2 aromatic rings. The Morgan fingerprint density at radius 3 is 2.75 bits per heavy atom. The van der Waals surface area contributed by atoms with E-state index in [0.29, 0.717) is 18.4 Å². The Hall–Kier alpha value is -2.43. The molecule has 0 bridgehead atoms. The quantitative estimate of drug-likeness (QED) is 0.866. The van der Waals surface area contributed by atoms with Crippen molar-refractivity contribution in [1.82, 2.24) is 9.47 Å². The molecule has 1 amide bonds. The Morgan fingerprint density at radius 2 is 1.96 bits per heavy atom. The third-order valence-corrected chi connectivity index (χ3v) is 4.73. The molecule has 0 radical (unpaired) electrons. The lowest BCUT2D eigenvalue weighted by atomic mass is 9.97. The summed E-state index contributed by atoms with van der Waals surface area (Å²) in [5.74, 6) is 0.0723. The van der Waals surface area contributed by atoms with Crippen LogP contribution in [-0.2, 0) is 16.1 Å². The Morgan fingerprint density at radius 1 is 1.17 bits per heavy atom. The van der Waals surface area contributed by atoms with Crippen LogP contribution in [0.3, 0.4) is 0 Å². The highest BCUT2D eigenvalue weighted by Crippen LogP contribution is 2.20. The molecule has 3 rings (SSSR count). The largest absolute Gasteiger partial charge is 0.338 e. The van der Waals surface area contributed by atoms with E-state index in [1.807, 2.05) is 25.1 Å². The molecule has 5 nitrogen and oxygen atoms in total. The van der Waals surface area contributed by atoms with Gasteiger partial charge >= 0.3 is 0 Å². The fourth-order valence-corrected chi connectivity index (χ4v) is 3.44. The fraction of sp³-hybridized carbons (Fsp3) is 0.421. The van der Waals surface area contributed by atoms with Gasteiger partial charge in [-0.1, -0.05) is 19.1 Å². The number of benzene rings is 1. The molecule has 0 N–H and O–H groups in total. The standard InChI is InChI=1S/C19H22N2O3/c1-2-17(22)16-9-5-6-11-21(16)19(24)13-20-12-10-18(23)14-7-3-4-8-15(14)20/h3-4,7-8,10,12,16H,2,5-6,9,11,13H2,1H3/t16-/m1/s1. The molecule has 1 fully saturated rings. The van der Waals surface area contributed by atoms with Gasteiger partial charge in [-0.3, -0.25) is 14.4 Å². The predicted molar refractivity (Wildman–Crippen MR) is 92.9 cm³/mol. The number of pyridine rings is 1. The molecule has 1 aliphatic rings. The minimum Gasteiger partial charge on any atom is -0.338 e. The average molecular weight is 326 g/mol. The molecule has 1 saturated heterocycles. The van der Waals surface area contributed by atoms with Gasteiger partial charge < -0.3 is 9.47 Å². The number of Topliss-reactive ketones (excluding diaryl/α,β-unsaturated/α-hetero) is 1. The minimum absolute atomic E-state index is 0.0497. The predicted octanol–water partition coefficient (Wildman–Crippen LogP) is 2.36. The topological polar surface area (TPSA) is 59.4 Å². The number of fused-ring (bicyclic) bond motifs is 1. The van der Waals surface area contributed by atoms with E-state index >= 15 is 0 Å². The molecular weight excluding hydrogens is 304 g/mol. The van der Waals surface area contributed by atoms with Crippen molar-refractivity contribution in [3.05, 3.63) is 46.8 Å². The van der Waals surface area contributed by atoms with Crippen LogP contribution in [0.25, 0.3) is 10.9 Å². The molecule has 24 heavy (non-hydrogen) atoms. The summed E-state index contributed by atoms with van der Waals surface area (Å²) in [5, 5.41) is 0.604. The van der Waals surface area contributed by atoms with Crippen molar-refractivity contribution in [2.45, 2.75) is 45.2 Å². The second-order valence-electron chi connectivity index (χ2n) is 6.24. The second-order valence-corrected chi connectivity index (χ2v) is 6.24. The number of aromatic nitrogens is 1. The van der Waals surface area contributed by atoms with Gasteiger partial charge in [0.25, 0.3) is 0 Å². The van der Waals surface area contributed by atoms with Crippen LogP contribution in [0.2, 0.25) is 0 Å². The van der Waals surface area contributed by atoms with Gasteiger partial charge in [-0.15, -0.1) is 0 Å². The highest BCUT2D eigenvalue weighted by Gasteiger charge is 2.30. The summed E-state index contributed by atoms with van der Waals surface area (Å²) in [7, 11) is 0. The van der Waals surface area contributed by atoms with Crippen molar-refractivity contribution < 1.29 is 9.59 Å². The third-order valence-electron chi connectivity index (χ3n) is 4.73. The Labute approximate surface area is 140 Å². The van der Waals surface area contributed by atoms with Crippen LogP contribution in [0, 0.1) is 0 Å². The monoisotopic (exact) mass is 326 g/mol. The highest BCUT2D eigenvalue weighted by molar-refractivity contribution is 5.89. The summed E-state index contributed by atoms with van der Waals surface area (Å²) in [4.78, 5) is 38.6. The second kappa shape index (κ2) is 6.99. The van der Waals surface area contributed by atoms with Gasteiger partial charge in [-0.25, -0.2) is 0 Å². The number of hydrogen-bond donors (Lipinski definition) is 0. The number of likely N-dealkylation sites (tertiary alicyclic amines) is 1. The zero-order valence-corrected chi connectivity index (χ0v) is 13.9. The molecule has 1 aromatic carbocycles. The van der Waals surface area contributed by atoms with Crippen LogP contribution < -0.4 is 5.43 Å². The van der Waals surface area contributed by atoms with E-state index in [2.05, 4.69) is 0 Å². The highest BCUT2D eigenvalue weighted by atomic mass is 16.2. The maximum Gasteiger partial charge on any atom is 0.243 e. The molecule has 1 aliphatic heterocycles. The minimum atomic E-state index is -0.290. The lowest BCUT2D eigenvalue weighted by molar-refractivity contribution is -0.141. The first kappa shape index (κ1) is 16.4. The van der Waals surface area contributed by atoms with Gasteiger partial charge in [0.05, 0.1) is 11.6 Å². The van der Waals surface area contributed by atoms with Gasteiger partial charge in [-0.05, 0) is 31.4 Å². The summed E-state index contributed by atoms with van der Waals surface area (Å²) in [6, 6.07) is 8.48. The summed E-state index contributed by atoms with van der Waals surface area (Å²) < 4.78 is 1.79. The van der Waals surface area contributed by atoms with Crippen molar-refractivity contribution in [3.63, 3.8) is 0 Å². The zero-order chi connectivity index (χ0) is 17.1. The molecule has 0 unspecified atom stereocenters.